The summed E-state index contributed by atoms with van der Waals surface area (Å²) in [4.78, 5) is 37.8. The average molecular weight is 595 g/mol. The first kappa shape index (κ1) is 29.7. The standard InChI is InChI=1S/C35H39FN6O2/c1-39-20-22-41(23-21-39)32-25-31-29(24-30(32)36)35(44)42(28-8-4-2-5-9-28)33(38-31)15-12-26-10-13-27(14-11-26)37-34(43)16-19-40-17-6-3-7-18-40/h2,4-5,8-15,24-25H,3,6-7,16-23H2,1H3,(H,37,43)/b15-12+. The van der Waals surface area contributed by atoms with Crippen molar-refractivity contribution in [1.82, 2.24) is 19.4 Å². The SMILES string of the molecule is CN1CCN(c2cc3nc(/C=C/c4ccc(NC(=O)CCN5CCCCC5)cc4)n(-c4ccccc4)c(=O)c3cc2F)CC1. The van der Waals surface area contributed by atoms with Crippen LogP contribution in [0.15, 0.2) is 71.5 Å². The molecule has 0 atom stereocenters. The maximum absolute atomic E-state index is 15.4. The summed E-state index contributed by atoms with van der Waals surface area (Å²) in [7, 11) is 2.06. The molecular weight excluding hydrogens is 555 g/mol. The summed E-state index contributed by atoms with van der Waals surface area (Å²) in [6.45, 7) is 6.05. The predicted molar refractivity (Wildman–Crippen MR) is 176 cm³/mol. The Kier molecular flexibility index (Phi) is 9.14. The third kappa shape index (κ3) is 6.90. The van der Waals surface area contributed by atoms with E-state index in [2.05, 4.69) is 22.2 Å². The van der Waals surface area contributed by atoms with Gasteiger partial charge < -0.3 is 20.0 Å². The number of nitrogens with one attached hydrogen (secondary N) is 1. The van der Waals surface area contributed by atoms with Gasteiger partial charge in [0.05, 0.1) is 22.3 Å². The van der Waals surface area contributed by atoms with E-state index in [0.29, 0.717) is 42.2 Å². The van der Waals surface area contributed by atoms with Gasteiger partial charge in [0.1, 0.15) is 11.6 Å². The number of para-hydroxylation sites is 1. The Balaban J connectivity index is 1.25. The van der Waals surface area contributed by atoms with Gasteiger partial charge in [0.2, 0.25) is 5.91 Å². The lowest BCUT2D eigenvalue weighted by atomic mass is 10.1. The summed E-state index contributed by atoms with van der Waals surface area (Å²) in [6.07, 6.45) is 7.88. The Morgan fingerprint density at radius 3 is 2.36 bits per heavy atom. The van der Waals surface area contributed by atoms with E-state index in [0.717, 1.165) is 44.0 Å². The quantitative estimate of drug-likeness (QED) is 0.300. The molecule has 0 bridgehead atoms. The highest BCUT2D eigenvalue weighted by atomic mass is 19.1. The second kappa shape index (κ2) is 13.5. The Bertz CT molecular complexity index is 1690. The van der Waals surface area contributed by atoms with Gasteiger partial charge in [-0.25, -0.2) is 9.37 Å². The number of piperazine rings is 1. The minimum absolute atomic E-state index is 0.0125. The van der Waals surface area contributed by atoms with Crippen LogP contribution in [0.4, 0.5) is 15.8 Å². The lowest BCUT2D eigenvalue weighted by Crippen LogP contribution is -2.44. The van der Waals surface area contributed by atoms with Crippen LogP contribution in [-0.2, 0) is 4.79 Å². The first-order valence-corrected chi connectivity index (χ1v) is 15.5. The van der Waals surface area contributed by atoms with Gasteiger partial charge in [0.25, 0.3) is 5.56 Å². The van der Waals surface area contributed by atoms with Gasteiger partial charge in [-0.15, -0.1) is 0 Å². The molecule has 1 aromatic heterocycles. The van der Waals surface area contributed by atoms with E-state index in [1.54, 1.807) is 12.1 Å². The van der Waals surface area contributed by atoms with Crippen molar-refractivity contribution >= 4 is 40.3 Å². The highest BCUT2D eigenvalue weighted by Gasteiger charge is 2.20. The lowest BCUT2D eigenvalue weighted by molar-refractivity contribution is -0.116. The highest BCUT2D eigenvalue weighted by molar-refractivity contribution is 5.91. The van der Waals surface area contributed by atoms with Gasteiger partial charge >= 0.3 is 0 Å². The largest absolute Gasteiger partial charge is 0.367 e. The number of likely N-dealkylation sites (tertiary alicyclic amines) is 1. The van der Waals surface area contributed by atoms with Crippen LogP contribution in [-0.4, -0.2) is 78.1 Å². The minimum atomic E-state index is -0.414. The maximum atomic E-state index is 15.4. The molecule has 1 amide bonds. The number of anilines is 2. The fraction of sp³-hybridized carbons (Fsp3) is 0.343. The van der Waals surface area contributed by atoms with Crippen LogP contribution in [0.3, 0.4) is 0 Å². The topological polar surface area (TPSA) is 73.7 Å². The second-order valence-electron chi connectivity index (χ2n) is 11.7. The fourth-order valence-corrected chi connectivity index (χ4v) is 5.96. The van der Waals surface area contributed by atoms with Crippen molar-refractivity contribution in [2.45, 2.75) is 25.7 Å². The summed E-state index contributed by atoms with van der Waals surface area (Å²) in [6, 6.07) is 19.9. The van der Waals surface area contributed by atoms with Gasteiger partial charge in [-0.3, -0.25) is 14.2 Å². The first-order chi connectivity index (χ1) is 21.4. The maximum Gasteiger partial charge on any atom is 0.266 e. The van der Waals surface area contributed by atoms with Crippen LogP contribution in [0.1, 0.15) is 37.1 Å². The molecule has 0 saturated carbocycles. The predicted octanol–water partition coefficient (Wildman–Crippen LogP) is 5.26. The Hall–Kier alpha value is -4.34. The van der Waals surface area contributed by atoms with Crippen LogP contribution in [0, 0.1) is 5.82 Å². The summed E-state index contributed by atoms with van der Waals surface area (Å²) in [5, 5.41) is 3.23. The number of fused-ring (bicyclic) bond motifs is 1. The molecule has 2 aliphatic heterocycles. The molecule has 0 spiro atoms. The van der Waals surface area contributed by atoms with E-state index >= 15 is 4.39 Å². The van der Waals surface area contributed by atoms with Crippen LogP contribution >= 0.6 is 0 Å². The van der Waals surface area contributed by atoms with Crippen molar-refractivity contribution in [3.8, 4) is 5.69 Å². The Morgan fingerprint density at radius 2 is 1.64 bits per heavy atom. The number of benzene rings is 3. The van der Waals surface area contributed by atoms with E-state index in [4.69, 9.17) is 4.98 Å². The van der Waals surface area contributed by atoms with Gasteiger partial charge in [-0.1, -0.05) is 42.8 Å². The zero-order valence-corrected chi connectivity index (χ0v) is 25.2. The van der Waals surface area contributed by atoms with E-state index in [1.807, 2.05) is 65.6 Å². The number of carbonyl (C=O) groups is 1. The zero-order valence-electron chi connectivity index (χ0n) is 25.2. The molecular formula is C35H39FN6O2. The summed E-state index contributed by atoms with van der Waals surface area (Å²) >= 11 is 0. The molecule has 0 aliphatic carbocycles. The van der Waals surface area contributed by atoms with Crippen molar-refractivity contribution in [1.29, 1.82) is 0 Å². The smallest absolute Gasteiger partial charge is 0.266 e. The molecule has 3 heterocycles. The number of rotatable bonds is 8. The average Bonchev–Trinajstić information content (AvgIpc) is 3.05. The monoisotopic (exact) mass is 594 g/mol. The third-order valence-electron chi connectivity index (χ3n) is 8.54. The van der Waals surface area contributed by atoms with Gasteiger partial charge in [-0.2, -0.15) is 0 Å². The van der Waals surface area contributed by atoms with Crippen LogP contribution in [0.25, 0.3) is 28.7 Å². The molecule has 0 unspecified atom stereocenters. The van der Waals surface area contributed by atoms with Crippen LogP contribution in [0.5, 0.6) is 0 Å². The molecule has 3 aromatic carbocycles. The molecule has 0 radical (unpaired) electrons. The number of carbonyl (C=O) groups excluding carboxylic acids is 1. The fourth-order valence-electron chi connectivity index (χ4n) is 5.96. The van der Waals surface area contributed by atoms with Crippen molar-refractivity contribution in [3.63, 3.8) is 0 Å². The summed E-state index contributed by atoms with van der Waals surface area (Å²) in [5.74, 6) is 0.0424. The number of piperidine rings is 1. The lowest BCUT2D eigenvalue weighted by Gasteiger charge is -2.34. The van der Waals surface area contributed by atoms with Gasteiger partial charge in [-0.05, 0) is 81.0 Å². The van der Waals surface area contributed by atoms with Crippen molar-refractivity contribution in [2.75, 3.05) is 63.1 Å². The number of amides is 1. The number of hydrogen-bond donors (Lipinski definition) is 1. The molecule has 2 saturated heterocycles. The number of aromatic nitrogens is 2. The van der Waals surface area contributed by atoms with E-state index in [9.17, 15) is 9.59 Å². The van der Waals surface area contributed by atoms with Gasteiger partial charge in [0.15, 0.2) is 0 Å². The third-order valence-corrected chi connectivity index (χ3v) is 8.54. The molecule has 2 fully saturated rings. The molecule has 4 aromatic rings. The molecule has 8 nitrogen and oxygen atoms in total. The normalized spacial score (nSPS) is 16.5. The van der Waals surface area contributed by atoms with Crippen LogP contribution < -0.4 is 15.8 Å². The highest BCUT2D eigenvalue weighted by Crippen LogP contribution is 2.26. The molecule has 9 heteroatoms. The molecule has 2 aliphatic rings. The molecule has 44 heavy (non-hydrogen) atoms. The van der Waals surface area contributed by atoms with E-state index < -0.39 is 5.82 Å². The van der Waals surface area contributed by atoms with Gasteiger partial charge in [0, 0.05) is 44.8 Å². The van der Waals surface area contributed by atoms with Crippen molar-refractivity contribution in [3.05, 3.63) is 94.3 Å². The summed E-state index contributed by atoms with van der Waals surface area (Å²) in [5.41, 5.74) is 2.89. The first-order valence-electron chi connectivity index (χ1n) is 15.5. The number of hydrogen-bond acceptors (Lipinski definition) is 6. The van der Waals surface area contributed by atoms with E-state index in [-0.39, 0.29) is 16.9 Å². The number of halogens is 1. The Labute approximate surface area is 257 Å². The number of likely N-dealkylation sites (N-methyl/N-ethyl adjacent to an activating group) is 1. The Morgan fingerprint density at radius 1 is 0.909 bits per heavy atom. The second-order valence-corrected chi connectivity index (χ2v) is 11.7. The zero-order chi connectivity index (χ0) is 30.5. The minimum Gasteiger partial charge on any atom is -0.367 e. The molecule has 228 valence electrons. The van der Waals surface area contributed by atoms with Crippen molar-refractivity contribution < 1.29 is 9.18 Å². The molecule has 1 N–H and O–H groups in total. The van der Waals surface area contributed by atoms with Crippen molar-refractivity contribution in [2.24, 2.45) is 0 Å². The summed E-state index contributed by atoms with van der Waals surface area (Å²) < 4.78 is 16.9. The number of nitrogens with zero attached hydrogens (tertiary/aromatic N) is 5. The van der Waals surface area contributed by atoms with Crippen LogP contribution in [0.2, 0.25) is 0 Å². The van der Waals surface area contributed by atoms with E-state index in [1.165, 1.54) is 29.9 Å². The molecule has 6 rings (SSSR count).